The highest BCUT2D eigenvalue weighted by Crippen LogP contribution is 2.17. The van der Waals surface area contributed by atoms with Crippen LogP contribution in [0.15, 0.2) is 48.5 Å². The van der Waals surface area contributed by atoms with Gasteiger partial charge in [-0.25, -0.2) is 0 Å². The van der Waals surface area contributed by atoms with Crippen molar-refractivity contribution < 1.29 is 4.79 Å². The Hall–Kier alpha value is -2.13. The maximum Gasteiger partial charge on any atom is 0.241 e. The van der Waals surface area contributed by atoms with Crippen LogP contribution in [0.3, 0.4) is 0 Å². The minimum atomic E-state index is -0.194. The molecular weight excluding hydrogens is 272 g/mol. The molecule has 1 amide bonds. The van der Waals surface area contributed by atoms with E-state index in [2.05, 4.69) is 30.4 Å². The third-order valence-electron chi connectivity index (χ3n) is 3.96. The number of nitrogens with zero attached hydrogens (tertiary/aromatic N) is 1. The standard InChI is InChI=1S/C19H24N2O/c1-14-10-11-18(15(2)12-14)20-19(22)16(3)21(4)13-17-8-6-5-7-9-17/h5-12,16H,13H2,1-4H3,(H,20,22)/t16-/m0/s1. The number of carbonyl (C=O) groups excluding carboxylic acids is 1. The van der Waals surface area contributed by atoms with Crippen molar-refractivity contribution in [1.29, 1.82) is 0 Å². The summed E-state index contributed by atoms with van der Waals surface area (Å²) in [6.45, 7) is 6.75. The number of likely N-dealkylation sites (N-methyl/N-ethyl adjacent to an activating group) is 1. The third-order valence-corrected chi connectivity index (χ3v) is 3.96. The number of hydrogen-bond acceptors (Lipinski definition) is 2. The van der Waals surface area contributed by atoms with Crippen LogP contribution in [0, 0.1) is 13.8 Å². The first-order chi connectivity index (χ1) is 10.5. The second kappa shape index (κ2) is 7.23. The average Bonchev–Trinajstić information content (AvgIpc) is 2.50. The minimum Gasteiger partial charge on any atom is -0.324 e. The topological polar surface area (TPSA) is 32.3 Å². The van der Waals surface area contributed by atoms with Crippen LogP contribution < -0.4 is 5.32 Å². The van der Waals surface area contributed by atoms with Gasteiger partial charge in [0, 0.05) is 12.2 Å². The van der Waals surface area contributed by atoms with Crippen molar-refractivity contribution in [3.05, 3.63) is 65.2 Å². The van der Waals surface area contributed by atoms with Crippen LogP contribution in [-0.2, 0) is 11.3 Å². The summed E-state index contributed by atoms with van der Waals surface area (Å²) < 4.78 is 0. The Morgan fingerprint density at radius 2 is 1.82 bits per heavy atom. The highest BCUT2D eigenvalue weighted by atomic mass is 16.2. The van der Waals surface area contributed by atoms with Crippen molar-refractivity contribution >= 4 is 11.6 Å². The number of aryl methyl sites for hydroxylation is 2. The van der Waals surface area contributed by atoms with E-state index in [1.807, 2.05) is 56.1 Å². The Balaban J connectivity index is 1.99. The highest BCUT2D eigenvalue weighted by Gasteiger charge is 2.18. The molecule has 0 aliphatic rings. The predicted molar refractivity (Wildman–Crippen MR) is 91.9 cm³/mol. The maximum absolute atomic E-state index is 12.4. The summed E-state index contributed by atoms with van der Waals surface area (Å²) in [7, 11) is 1.97. The Morgan fingerprint density at radius 3 is 2.45 bits per heavy atom. The van der Waals surface area contributed by atoms with Crippen molar-refractivity contribution in [2.24, 2.45) is 0 Å². The Bertz CT molecular complexity index is 637. The molecule has 1 atom stereocenters. The molecule has 3 heteroatoms. The fourth-order valence-electron chi connectivity index (χ4n) is 2.40. The lowest BCUT2D eigenvalue weighted by Crippen LogP contribution is -2.39. The first-order valence-corrected chi connectivity index (χ1v) is 7.59. The Kier molecular flexibility index (Phi) is 5.34. The molecule has 22 heavy (non-hydrogen) atoms. The van der Waals surface area contributed by atoms with Gasteiger partial charge in [-0.2, -0.15) is 0 Å². The van der Waals surface area contributed by atoms with Gasteiger partial charge in [0.15, 0.2) is 0 Å². The van der Waals surface area contributed by atoms with Crippen LogP contribution in [0.1, 0.15) is 23.6 Å². The van der Waals surface area contributed by atoms with E-state index in [0.717, 1.165) is 17.8 Å². The van der Waals surface area contributed by atoms with E-state index in [1.165, 1.54) is 11.1 Å². The van der Waals surface area contributed by atoms with Gasteiger partial charge in [0.25, 0.3) is 0 Å². The average molecular weight is 296 g/mol. The first-order valence-electron chi connectivity index (χ1n) is 7.59. The molecule has 0 aromatic heterocycles. The van der Waals surface area contributed by atoms with Crippen LogP contribution in [-0.4, -0.2) is 23.9 Å². The van der Waals surface area contributed by atoms with Crippen LogP contribution in [0.5, 0.6) is 0 Å². The van der Waals surface area contributed by atoms with Gasteiger partial charge in [-0.05, 0) is 45.0 Å². The number of nitrogens with one attached hydrogen (secondary N) is 1. The monoisotopic (exact) mass is 296 g/mol. The molecule has 3 nitrogen and oxygen atoms in total. The molecule has 0 saturated carbocycles. The second-order valence-corrected chi connectivity index (χ2v) is 5.88. The summed E-state index contributed by atoms with van der Waals surface area (Å²) >= 11 is 0. The molecule has 2 aromatic carbocycles. The van der Waals surface area contributed by atoms with Crippen molar-refractivity contribution in [2.45, 2.75) is 33.4 Å². The molecule has 0 radical (unpaired) electrons. The first kappa shape index (κ1) is 16.2. The van der Waals surface area contributed by atoms with Gasteiger partial charge in [-0.3, -0.25) is 9.69 Å². The SMILES string of the molecule is Cc1ccc(NC(=O)[C@H](C)N(C)Cc2ccccc2)c(C)c1. The summed E-state index contributed by atoms with van der Waals surface area (Å²) in [6, 6.07) is 16.0. The highest BCUT2D eigenvalue weighted by molar-refractivity contribution is 5.95. The van der Waals surface area contributed by atoms with Crippen molar-refractivity contribution in [3.8, 4) is 0 Å². The minimum absolute atomic E-state index is 0.0189. The molecule has 0 saturated heterocycles. The number of carbonyl (C=O) groups is 1. The summed E-state index contributed by atoms with van der Waals surface area (Å²) in [5, 5.41) is 3.02. The molecule has 116 valence electrons. The quantitative estimate of drug-likeness (QED) is 0.911. The van der Waals surface area contributed by atoms with Crippen LogP contribution in [0.2, 0.25) is 0 Å². The number of benzene rings is 2. The smallest absolute Gasteiger partial charge is 0.241 e. The van der Waals surface area contributed by atoms with E-state index in [9.17, 15) is 4.79 Å². The lowest BCUT2D eigenvalue weighted by Gasteiger charge is -2.24. The molecule has 0 fully saturated rings. The maximum atomic E-state index is 12.4. The van der Waals surface area contributed by atoms with Gasteiger partial charge in [0.05, 0.1) is 6.04 Å². The van der Waals surface area contributed by atoms with Crippen molar-refractivity contribution in [2.75, 3.05) is 12.4 Å². The van der Waals surface area contributed by atoms with Gasteiger partial charge >= 0.3 is 0 Å². The van der Waals surface area contributed by atoms with E-state index in [0.29, 0.717) is 0 Å². The summed E-state index contributed by atoms with van der Waals surface area (Å²) in [5.74, 6) is 0.0189. The fraction of sp³-hybridized carbons (Fsp3) is 0.316. The van der Waals surface area contributed by atoms with Gasteiger partial charge < -0.3 is 5.32 Å². The van der Waals surface area contributed by atoms with Gasteiger partial charge in [0.2, 0.25) is 5.91 Å². The van der Waals surface area contributed by atoms with E-state index in [1.54, 1.807) is 0 Å². The van der Waals surface area contributed by atoms with E-state index >= 15 is 0 Å². The zero-order chi connectivity index (χ0) is 16.1. The molecule has 0 spiro atoms. The summed E-state index contributed by atoms with van der Waals surface area (Å²) in [6.07, 6.45) is 0. The zero-order valence-corrected chi connectivity index (χ0v) is 13.8. The molecule has 0 aliphatic carbocycles. The van der Waals surface area contributed by atoms with Crippen LogP contribution in [0.25, 0.3) is 0 Å². The summed E-state index contributed by atoms with van der Waals surface area (Å²) in [5.41, 5.74) is 4.38. The van der Waals surface area contributed by atoms with Crippen molar-refractivity contribution in [3.63, 3.8) is 0 Å². The van der Waals surface area contributed by atoms with E-state index in [-0.39, 0.29) is 11.9 Å². The molecule has 1 N–H and O–H groups in total. The predicted octanol–water partition coefficient (Wildman–Crippen LogP) is 3.76. The van der Waals surface area contributed by atoms with Gasteiger partial charge in [-0.15, -0.1) is 0 Å². The van der Waals surface area contributed by atoms with Crippen molar-refractivity contribution in [1.82, 2.24) is 4.90 Å². The number of hydrogen-bond donors (Lipinski definition) is 1. The Labute approximate surface area is 133 Å². The molecule has 0 bridgehead atoms. The molecule has 2 aromatic rings. The van der Waals surface area contributed by atoms with E-state index < -0.39 is 0 Å². The van der Waals surface area contributed by atoms with Crippen LogP contribution in [0.4, 0.5) is 5.69 Å². The normalized spacial score (nSPS) is 12.2. The molecule has 0 aliphatic heterocycles. The van der Waals surface area contributed by atoms with Gasteiger partial charge in [-0.1, -0.05) is 48.0 Å². The second-order valence-electron chi connectivity index (χ2n) is 5.88. The number of amides is 1. The fourth-order valence-corrected chi connectivity index (χ4v) is 2.40. The van der Waals surface area contributed by atoms with E-state index in [4.69, 9.17) is 0 Å². The Morgan fingerprint density at radius 1 is 1.14 bits per heavy atom. The lowest BCUT2D eigenvalue weighted by atomic mass is 10.1. The largest absolute Gasteiger partial charge is 0.324 e. The molecule has 0 unspecified atom stereocenters. The number of rotatable bonds is 5. The molecule has 2 rings (SSSR count). The molecular formula is C19H24N2O. The lowest BCUT2D eigenvalue weighted by molar-refractivity contribution is -0.120. The number of anilines is 1. The van der Waals surface area contributed by atoms with Crippen LogP contribution >= 0.6 is 0 Å². The summed E-state index contributed by atoms with van der Waals surface area (Å²) in [4.78, 5) is 14.5. The van der Waals surface area contributed by atoms with Gasteiger partial charge in [0.1, 0.15) is 0 Å². The zero-order valence-electron chi connectivity index (χ0n) is 13.8. The third kappa shape index (κ3) is 4.18. The molecule has 0 heterocycles.